The fraction of sp³-hybridized carbons (Fsp3) is 0. The van der Waals surface area contributed by atoms with E-state index in [4.69, 9.17) is 4.42 Å². The van der Waals surface area contributed by atoms with Crippen LogP contribution < -0.4 is 0 Å². The first-order chi connectivity index (χ1) is 8.33. The molecule has 0 amide bonds. The van der Waals surface area contributed by atoms with Crippen LogP contribution in [-0.2, 0) is 0 Å². The molecule has 0 aliphatic heterocycles. The Labute approximate surface area is 102 Å². The van der Waals surface area contributed by atoms with Crippen LogP contribution in [0.5, 0.6) is 5.75 Å². The summed E-state index contributed by atoms with van der Waals surface area (Å²) in [4.78, 5) is 4.50. The van der Waals surface area contributed by atoms with Gasteiger partial charge in [0, 0.05) is 10.9 Å². The number of aromatic hydroxyl groups is 1. The summed E-state index contributed by atoms with van der Waals surface area (Å²) in [7, 11) is 0. The lowest BCUT2D eigenvalue weighted by Crippen LogP contribution is -1.77. The third-order valence-corrected chi connectivity index (χ3v) is 3.26. The van der Waals surface area contributed by atoms with Crippen LogP contribution in [0.25, 0.3) is 22.0 Å². The Kier molecular flexibility index (Phi) is 2.42. The van der Waals surface area contributed by atoms with Gasteiger partial charge in [-0.25, -0.2) is 4.98 Å². The fourth-order valence-electron chi connectivity index (χ4n) is 1.55. The van der Waals surface area contributed by atoms with Gasteiger partial charge >= 0.3 is 0 Å². The number of phenols is 1. The second-order valence-electron chi connectivity index (χ2n) is 3.56. The lowest BCUT2D eigenvalue weighted by atomic mass is 10.2. The molecule has 0 aliphatic rings. The van der Waals surface area contributed by atoms with Gasteiger partial charge in [0.25, 0.3) is 0 Å². The lowest BCUT2D eigenvalue weighted by Gasteiger charge is -1.96. The SMILES string of the molecule is Oc1ccc(-c2csc(-c3ccco3)n2)cc1. The van der Waals surface area contributed by atoms with E-state index in [2.05, 4.69) is 4.98 Å². The van der Waals surface area contributed by atoms with E-state index in [9.17, 15) is 5.11 Å². The Bertz CT molecular complexity index is 611. The molecule has 0 atom stereocenters. The van der Waals surface area contributed by atoms with Crippen LogP contribution in [0, 0.1) is 0 Å². The van der Waals surface area contributed by atoms with Gasteiger partial charge in [-0.1, -0.05) is 0 Å². The number of phenolic OH excluding ortho intramolecular Hbond substituents is 1. The average Bonchev–Trinajstić information content (AvgIpc) is 3.00. The molecule has 1 N–H and O–H groups in total. The molecule has 3 nitrogen and oxygen atoms in total. The third-order valence-electron chi connectivity index (χ3n) is 2.40. The van der Waals surface area contributed by atoms with Crippen LogP contribution in [0.15, 0.2) is 52.5 Å². The first-order valence-electron chi connectivity index (χ1n) is 5.12. The molecule has 3 rings (SSSR count). The van der Waals surface area contributed by atoms with Gasteiger partial charge in [-0.3, -0.25) is 0 Å². The summed E-state index contributed by atoms with van der Waals surface area (Å²) in [5.74, 6) is 1.04. The highest BCUT2D eigenvalue weighted by Crippen LogP contribution is 2.29. The Morgan fingerprint density at radius 2 is 1.94 bits per heavy atom. The molecule has 0 radical (unpaired) electrons. The zero-order chi connectivity index (χ0) is 11.7. The van der Waals surface area contributed by atoms with Gasteiger partial charge in [0.15, 0.2) is 10.8 Å². The van der Waals surface area contributed by atoms with Crippen LogP contribution in [0.2, 0.25) is 0 Å². The first-order valence-corrected chi connectivity index (χ1v) is 6.00. The van der Waals surface area contributed by atoms with Gasteiger partial charge in [-0.15, -0.1) is 11.3 Å². The standard InChI is InChI=1S/C13H9NO2S/c15-10-5-3-9(4-6-10)11-8-17-13(14-11)12-2-1-7-16-12/h1-8,15H. The Hall–Kier alpha value is -2.07. The molecule has 4 heteroatoms. The Balaban J connectivity index is 1.98. The molecule has 0 bridgehead atoms. The van der Waals surface area contributed by atoms with Crippen molar-refractivity contribution in [2.24, 2.45) is 0 Å². The van der Waals surface area contributed by atoms with E-state index in [-0.39, 0.29) is 5.75 Å². The van der Waals surface area contributed by atoms with Crippen molar-refractivity contribution in [2.75, 3.05) is 0 Å². The Morgan fingerprint density at radius 1 is 1.12 bits per heavy atom. The summed E-state index contributed by atoms with van der Waals surface area (Å²) in [6.07, 6.45) is 1.64. The number of nitrogens with zero attached hydrogens (tertiary/aromatic N) is 1. The van der Waals surface area contributed by atoms with Gasteiger partial charge < -0.3 is 9.52 Å². The quantitative estimate of drug-likeness (QED) is 0.745. The summed E-state index contributed by atoms with van der Waals surface area (Å²) in [5, 5.41) is 12.1. The minimum Gasteiger partial charge on any atom is -0.508 e. The molecule has 0 aliphatic carbocycles. The van der Waals surface area contributed by atoms with Gasteiger partial charge in [-0.2, -0.15) is 0 Å². The molecule has 0 saturated heterocycles. The van der Waals surface area contributed by atoms with Crippen LogP contribution in [0.4, 0.5) is 0 Å². The first kappa shape index (κ1) is 10.1. The highest BCUT2D eigenvalue weighted by atomic mass is 32.1. The van der Waals surface area contributed by atoms with Crippen LogP contribution in [-0.4, -0.2) is 10.1 Å². The zero-order valence-electron chi connectivity index (χ0n) is 8.83. The van der Waals surface area contributed by atoms with E-state index in [0.717, 1.165) is 22.0 Å². The predicted molar refractivity (Wildman–Crippen MR) is 66.9 cm³/mol. The van der Waals surface area contributed by atoms with Crippen molar-refractivity contribution >= 4 is 11.3 Å². The average molecular weight is 243 g/mol. The molecule has 0 unspecified atom stereocenters. The summed E-state index contributed by atoms with van der Waals surface area (Å²) in [5.41, 5.74) is 1.87. The molecule has 2 heterocycles. The molecule has 84 valence electrons. The van der Waals surface area contributed by atoms with Crippen molar-refractivity contribution in [3.05, 3.63) is 48.0 Å². The number of rotatable bonds is 2. The van der Waals surface area contributed by atoms with E-state index in [1.165, 1.54) is 11.3 Å². The molecule has 2 aromatic heterocycles. The lowest BCUT2D eigenvalue weighted by molar-refractivity contribution is 0.475. The topological polar surface area (TPSA) is 46.3 Å². The largest absolute Gasteiger partial charge is 0.508 e. The van der Waals surface area contributed by atoms with Crippen LogP contribution in [0.1, 0.15) is 0 Å². The summed E-state index contributed by atoms with van der Waals surface area (Å²) in [6.45, 7) is 0. The van der Waals surface area contributed by atoms with Gasteiger partial charge in [0.2, 0.25) is 0 Å². The maximum atomic E-state index is 9.23. The maximum absolute atomic E-state index is 9.23. The van der Waals surface area contributed by atoms with Crippen molar-refractivity contribution < 1.29 is 9.52 Å². The highest BCUT2D eigenvalue weighted by molar-refractivity contribution is 7.13. The van der Waals surface area contributed by atoms with Crippen molar-refractivity contribution in [3.63, 3.8) is 0 Å². The number of benzene rings is 1. The van der Waals surface area contributed by atoms with E-state index < -0.39 is 0 Å². The number of aromatic nitrogens is 1. The number of hydrogen-bond donors (Lipinski definition) is 1. The van der Waals surface area contributed by atoms with E-state index in [0.29, 0.717) is 0 Å². The smallest absolute Gasteiger partial charge is 0.162 e. The van der Waals surface area contributed by atoms with Crippen LogP contribution in [0.3, 0.4) is 0 Å². The summed E-state index contributed by atoms with van der Waals surface area (Å²) in [6, 6.07) is 10.7. The van der Waals surface area contributed by atoms with Gasteiger partial charge in [0.1, 0.15) is 5.75 Å². The third kappa shape index (κ3) is 1.94. The van der Waals surface area contributed by atoms with Gasteiger partial charge in [0.05, 0.1) is 12.0 Å². The molecular formula is C13H9NO2S. The van der Waals surface area contributed by atoms with Crippen molar-refractivity contribution in [2.45, 2.75) is 0 Å². The van der Waals surface area contributed by atoms with E-state index in [1.54, 1.807) is 18.4 Å². The molecule has 0 fully saturated rings. The molecule has 0 spiro atoms. The zero-order valence-corrected chi connectivity index (χ0v) is 9.65. The minimum absolute atomic E-state index is 0.259. The monoisotopic (exact) mass is 243 g/mol. The fourth-order valence-corrected chi connectivity index (χ4v) is 2.35. The summed E-state index contributed by atoms with van der Waals surface area (Å²) < 4.78 is 5.30. The van der Waals surface area contributed by atoms with Crippen molar-refractivity contribution in [1.82, 2.24) is 4.98 Å². The highest BCUT2D eigenvalue weighted by Gasteiger charge is 2.08. The van der Waals surface area contributed by atoms with Crippen molar-refractivity contribution in [3.8, 4) is 27.8 Å². The molecule has 0 saturated carbocycles. The van der Waals surface area contributed by atoms with Crippen LogP contribution >= 0.6 is 11.3 Å². The molecular weight excluding hydrogens is 234 g/mol. The summed E-state index contributed by atoms with van der Waals surface area (Å²) >= 11 is 1.54. The molecule has 17 heavy (non-hydrogen) atoms. The predicted octanol–water partition coefficient (Wildman–Crippen LogP) is 3.78. The van der Waals surface area contributed by atoms with Crippen molar-refractivity contribution in [1.29, 1.82) is 0 Å². The normalized spacial score (nSPS) is 10.6. The second kappa shape index (κ2) is 4.07. The number of thiazole rings is 1. The molecule has 3 aromatic rings. The minimum atomic E-state index is 0.259. The second-order valence-corrected chi connectivity index (χ2v) is 4.42. The number of hydrogen-bond acceptors (Lipinski definition) is 4. The maximum Gasteiger partial charge on any atom is 0.162 e. The Morgan fingerprint density at radius 3 is 2.65 bits per heavy atom. The number of furan rings is 1. The molecule has 1 aromatic carbocycles. The van der Waals surface area contributed by atoms with Gasteiger partial charge in [-0.05, 0) is 36.4 Å². The van der Waals surface area contributed by atoms with E-state index in [1.807, 2.05) is 29.6 Å². The van der Waals surface area contributed by atoms with E-state index >= 15 is 0 Å².